The Kier molecular flexibility index (Phi) is 8.07. The number of ether oxygens (including phenoxy) is 2. The molecule has 0 heterocycles. The van der Waals surface area contributed by atoms with E-state index >= 15 is 0 Å². The Hall–Kier alpha value is -0.910. The van der Waals surface area contributed by atoms with Gasteiger partial charge in [0.1, 0.15) is 5.54 Å². The highest BCUT2D eigenvalue weighted by Crippen LogP contribution is 2.43. The van der Waals surface area contributed by atoms with Crippen molar-refractivity contribution in [3.8, 4) is 0 Å². The quantitative estimate of drug-likeness (QED) is 0.386. The molecule has 0 radical (unpaired) electrons. The summed E-state index contributed by atoms with van der Waals surface area (Å²) in [6.07, 6.45) is 5.66. The number of alkyl carbamates (subject to hydrolysis) is 1. The highest BCUT2D eigenvalue weighted by Gasteiger charge is 2.54. The number of hydrogen-bond donors (Lipinski definition) is 2. The summed E-state index contributed by atoms with van der Waals surface area (Å²) in [4.78, 5) is 23.9. The predicted molar refractivity (Wildman–Crippen MR) is 89.2 cm³/mol. The van der Waals surface area contributed by atoms with Gasteiger partial charge in [0, 0.05) is 5.25 Å². The topological polar surface area (TPSA) is 64.6 Å². The van der Waals surface area contributed by atoms with Crippen molar-refractivity contribution >= 4 is 24.7 Å². The number of hydrogen-bond acceptors (Lipinski definition) is 5. The van der Waals surface area contributed by atoms with Crippen molar-refractivity contribution in [2.45, 2.75) is 69.6 Å². The van der Waals surface area contributed by atoms with Gasteiger partial charge < -0.3 is 14.8 Å². The zero-order chi connectivity index (χ0) is 16.6. The van der Waals surface area contributed by atoms with E-state index in [1.807, 2.05) is 6.92 Å². The summed E-state index contributed by atoms with van der Waals surface area (Å²) >= 11 is 4.63. The molecule has 6 heteroatoms. The molecule has 1 N–H and O–H groups in total. The van der Waals surface area contributed by atoms with Gasteiger partial charge in [0.05, 0.1) is 13.7 Å². The SMILES string of the molecule is CCCCOC(=O)NC1(C(=O)OC)CC(C(S)CCCC)C1. The van der Waals surface area contributed by atoms with Gasteiger partial charge in [-0.05, 0) is 31.6 Å². The average Bonchev–Trinajstić information content (AvgIpc) is 2.47. The lowest BCUT2D eigenvalue weighted by Gasteiger charge is -2.47. The molecule has 0 aromatic heterocycles. The fourth-order valence-corrected chi connectivity index (χ4v) is 3.21. The van der Waals surface area contributed by atoms with Crippen LogP contribution in [-0.4, -0.2) is 36.6 Å². The second-order valence-electron chi connectivity index (χ2n) is 6.07. The van der Waals surface area contributed by atoms with E-state index in [0.717, 1.165) is 32.1 Å². The molecule has 5 nitrogen and oxygen atoms in total. The summed E-state index contributed by atoms with van der Waals surface area (Å²) in [5.41, 5.74) is -0.935. The largest absolute Gasteiger partial charge is 0.467 e. The minimum atomic E-state index is -0.935. The Balaban J connectivity index is 2.53. The van der Waals surface area contributed by atoms with Crippen LogP contribution in [0.4, 0.5) is 4.79 Å². The molecule has 128 valence electrons. The maximum Gasteiger partial charge on any atom is 0.408 e. The molecule has 1 unspecified atom stereocenters. The number of methoxy groups -OCH3 is 1. The number of thiol groups is 1. The van der Waals surface area contributed by atoms with E-state index in [1.165, 1.54) is 7.11 Å². The van der Waals surface area contributed by atoms with Crippen molar-refractivity contribution < 1.29 is 19.1 Å². The van der Waals surface area contributed by atoms with Gasteiger partial charge in [-0.15, -0.1) is 0 Å². The lowest BCUT2D eigenvalue weighted by molar-refractivity contribution is -0.154. The number of rotatable bonds is 9. The Morgan fingerprint density at radius 2 is 1.91 bits per heavy atom. The molecule has 0 bridgehead atoms. The van der Waals surface area contributed by atoms with Gasteiger partial charge in [-0.1, -0.05) is 33.1 Å². The Morgan fingerprint density at radius 1 is 1.27 bits per heavy atom. The Bertz CT molecular complexity index is 369. The first-order chi connectivity index (χ1) is 10.5. The molecule has 1 atom stereocenters. The van der Waals surface area contributed by atoms with E-state index < -0.39 is 17.6 Å². The first kappa shape index (κ1) is 19.1. The fraction of sp³-hybridized carbons (Fsp3) is 0.875. The van der Waals surface area contributed by atoms with Crippen LogP contribution in [0.1, 0.15) is 58.8 Å². The monoisotopic (exact) mass is 331 g/mol. The molecule has 0 spiro atoms. The van der Waals surface area contributed by atoms with E-state index in [4.69, 9.17) is 9.47 Å². The maximum atomic E-state index is 12.0. The third-order valence-electron chi connectivity index (χ3n) is 4.27. The molecule has 1 saturated carbocycles. The lowest BCUT2D eigenvalue weighted by Crippen LogP contribution is -2.64. The summed E-state index contributed by atoms with van der Waals surface area (Å²) in [7, 11) is 1.34. The summed E-state index contributed by atoms with van der Waals surface area (Å²) < 4.78 is 9.95. The summed E-state index contributed by atoms with van der Waals surface area (Å²) in [6.45, 7) is 4.54. The van der Waals surface area contributed by atoms with Gasteiger partial charge in [0.2, 0.25) is 0 Å². The third kappa shape index (κ3) is 5.07. The van der Waals surface area contributed by atoms with E-state index in [9.17, 15) is 9.59 Å². The van der Waals surface area contributed by atoms with E-state index in [0.29, 0.717) is 25.4 Å². The molecular formula is C16H29NO4S. The van der Waals surface area contributed by atoms with Crippen LogP contribution < -0.4 is 5.32 Å². The maximum absolute atomic E-state index is 12.0. The molecule has 0 aliphatic heterocycles. The van der Waals surface area contributed by atoms with Crippen molar-refractivity contribution in [2.75, 3.05) is 13.7 Å². The highest BCUT2D eigenvalue weighted by molar-refractivity contribution is 7.81. The first-order valence-electron chi connectivity index (χ1n) is 8.20. The Morgan fingerprint density at radius 3 is 2.45 bits per heavy atom. The van der Waals surface area contributed by atoms with Gasteiger partial charge in [0.25, 0.3) is 0 Å². The number of esters is 1. The Labute approximate surface area is 138 Å². The van der Waals surface area contributed by atoms with Gasteiger partial charge in [-0.2, -0.15) is 12.6 Å². The molecule has 0 aromatic carbocycles. The molecule has 1 fully saturated rings. The summed E-state index contributed by atoms with van der Waals surface area (Å²) in [5.74, 6) is -0.0721. The van der Waals surface area contributed by atoms with Crippen LogP contribution in [0.15, 0.2) is 0 Å². The van der Waals surface area contributed by atoms with Crippen molar-refractivity contribution in [3.05, 3.63) is 0 Å². The van der Waals surface area contributed by atoms with Gasteiger partial charge in [-0.25, -0.2) is 9.59 Å². The normalized spacial score (nSPS) is 25.0. The molecule has 22 heavy (non-hydrogen) atoms. The highest BCUT2D eigenvalue weighted by atomic mass is 32.1. The predicted octanol–water partition coefficient (Wildman–Crippen LogP) is 3.32. The minimum Gasteiger partial charge on any atom is -0.467 e. The van der Waals surface area contributed by atoms with Crippen molar-refractivity contribution in [1.29, 1.82) is 0 Å². The standard InChI is InChI=1S/C16H29NO4S/c1-4-6-8-13(22)12-10-16(11-12,14(18)20-3)17-15(19)21-9-7-5-2/h12-13,22H,4-11H2,1-3H3,(H,17,19). The molecule has 0 saturated heterocycles. The lowest BCUT2D eigenvalue weighted by atomic mass is 9.66. The number of unbranched alkanes of at least 4 members (excludes halogenated alkanes) is 2. The van der Waals surface area contributed by atoms with Crippen LogP contribution in [0.2, 0.25) is 0 Å². The van der Waals surface area contributed by atoms with Crippen LogP contribution in [0.3, 0.4) is 0 Å². The van der Waals surface area contributed by atoms with E-state index in [2.05, 4.69) is 24.9 Å². The van der Waals surface area contributed by atoms with Gasteiger partial charge >= 0.3 is 12.1 Å². The number of carbonyl (C=O) groups is 2. The molecule has 1 aliphatic rings. The average molecular weight is 331 g/mol. The van der Waals surface area contributed by atoms with Gasteiger partial charge in [0.15, 0.2) is 0 Å². The van der Waals surface area contributed by atoms with Crippen molar-refractivity contribution in [1.82, 2.24) is 5.32 Å². The van der Waals surface area contributed by atoms with Crippen LogP contribution in [-0.2, 0) is 14.3 Å². The zero-order valence-electron chi connectivity index (χ0n) is 13.9. The number of carbonyl (C=O) groups excluding carboxylic acids is 2. The first-order valence-corrected chi connectivity index (χ1v) is 8.72. The molecule has 1 rings (SSSR count). The molecule has 1 aliphatic carbocycles. The second kappa shape index (κ2) is 9.28. The van der Waals surface area contributed by atoms with Crippen molar-refractivity contribution in [2.24, 2.45) is 5.92 Å². The summed E-state index contributed by atoms with van der Waals surface area (Å²) in [6, 6.07) is 0. The van der Waals surface area contributed by atoms with Crippen LogP contribution in [0.5, 0.6) is 0 Å². The molecule has 0 aromatic rings. The van der Waals surface area contributed by atoms with Crippen LogP contribution in [0, 0.1) is 5.92 Å². The second-order valence-corrected chi connectivity index (χ2v) is 6.73. The van der Waals surface area contributed by atoms with Crippen molar-refractivity contribution in [3.63, 3.8) is 0 Å². The van der Waals surface area contributed by atoms with Crippen LogP contribution in [0.25, 0.3) is 0 Å². The fourth-order valence-electron chi connectivity index (χ4n) is 2.81. The van der Waals surface area contributed by atoms with Crippen LogP contribution >= 0.6 is 12.6 Å². The number of nitrogens with one attached hydrogen (secondary N) is 1. The molecule has 1 amide bonds. The number of amides is 1. The summed E-state index contributed by atoms with van der Waals surface area (Å²) in [5, 5.41) is 2.97. The smallest absolute Gasteiger partial charge is 0.408 e. The van der Waals surface area contributed by atoms with E-state index in [-0.39, 0.29) is 5.25 Å². The van der Waals surface area contributed by atoms with E-state index in [1.54, 1.807) is 0 Å². The van der Waals surface area contributed by atoms with Gasteiger partial charge in [-0.3, -0.25) is 0 Å². The molecular weight excluding hydrogens is 302 g/mol. The minimum absolute atomic E-state index is 0.260. The third-order valence-corrected chi connectivity index (χ3v) is 4.95. The zero-order valence-corrected chi connectivity index (χ0v) is 14.8.